The van der Waals surface area contributed by atoms with Crippen molar-refractivity contribution in [2.45, 2.75) is 12.5 Å². The molecule has 6 nitrogen and oxygen atoms in total. The number of aromatic nitrogens is 2. The molecule has 0 unspecified atom stereocenters. The van der Waals surface area contributed by atoms with E-state index in [1.54, 1.807) is 30.3 Å². The Morgan fingerprint density at radius 1 is 1.15 bits per heavy atom. The van der Waals surface area contributed by atoms with Crippen molar-refractivity contribution in [3.8, 4) is 11.3 Å². The third kappa shape index (κ3) is 4.54. The van der Waals surface area contributed by atoms with Gasteiger partial charge < -0.3 is 10.1 Å². The molecular weight excluding hydrogens is 366 g/mol. The summed E-state index contributed by atoms with van der Waals surface area (Å²) >= 11 is 6.24. The average Bonchev–Trinajstić information content (AvgIpc) is 3.19. The smallest absolute Gasteiger partial charge is 0.307 e. The lowest BCUT2D eigenvalue weighted by Gasteiger charge is -2.19. The van der Waals surface area contributed by atoms with E-state index >= 15 is 0 Å². The van der Waals surface area contributed by atoms with E-state index in [0.717, 1.165) is 5.56 Å². The standard InChI is InChI=1S/C20H18ClN3O3/c1-27-19(25)12-17(14-9-5-6-10-15(14)21)22-20(26)18-11-16(23-24-18)13-7-3-2-4-8-13/h2-11,17H,12H2,1H3,(H,22,26)(H,23,24)/t17-/m0/s1. The Labute approximate surface area is 161 Å². The van der Waals surface area contributed by atoms with E-state index in [1.165, 1.54) is 7.11 Å². The van der Waals surface area contributed by atoms with E-state index in [-0.39, 0.29) is 12.1 Å². The maximum Gasteiger partial charge on any atom is 0.307 e. The fourth-order valence-corrected chi connectivity index (χ4v) is 2.94. The molecule has 138 valence electrons. The second-order valence-corrected chi connectivity index (χ2v) is 6.27. The molecule has 0 aliphatic rings. The number of aromatic amines is 1. The Morgan fingerprint density at radius 3 is 2.56 bits per heavy atom. The second kappa shape index (κ2) is 8.51. The summed E-state index contributed by atoms with van der Waals surface area (Å²) in [4.78, 5) is 24.5. The zero-order chi connectivity index (χ0) is 19.2. The molecular formula is C20H18ClN3O3. The van der Waals surface area contributed by atoms with Gasteiger partial charge >= 0.3 is 5.97 Å². The fourth-order valence-electron chi connectivity index (χ4n) is 2.68. The number of hydrogen-bond donors (Lipinski definition) is 2. The van der Waals surface area contributed by atoms with Crippen molar-refractivity contribution in [2.75, 3.05) is 7.11 Å². The lowest BCUT2D eigenvalue weighted by atomic mass is 10.0. The zero-order valence-electron chi connectivity index (χ0n) is 14.6. The van der Waals surface area contributed by atoms with Crippen LogP contribution in [0, 0.1) is 0 Å². The van der Waals surface area contributed by atoms with Crippen LogP contribution in [0.15, 0.2) is 60.7 Å². The van der Waals surface area contributed by atoms with E-state index in [9.17, 15) is 9.59 Å². The van der Waals surface area contributed by atoms with Gasteiger partial charge in [0.2, 0.25) is 0 Å². The Balaban J connectivity index is 1.81. The monoisotopic (exact) mass is 383 g/mol. The van der Waals surface area contributed by atoms with E-state index in [1.807, 2.05) is 30.3 Å². The highest BCUT2D eigenvalue weighted by Crippen LogP contribution is 2.26. The number of nitrogens with zero attached hydrogens (tertiary/aromatic N) is 1. The van der Waals surface area contributed by atoms with Gasteiger partial charge in [-0.1, -0.05) is 60.1 Å². The van der Waals surface area contributed by atoms with Gasteiger partial charge in [-0.2, -0.15) is 5.10 Å². The highest BCUT2D eigenvalue weighted by molar-refractivity contribution is 6.31. The molecule has 2 aromatic carbocycles. The molecule has 1 amide bonds. The Morgan fingerprint density at radius 2 is 1.85 bits per heavy atom. The number of ether oxygens (including phenoxy) is 1. The van der Waals surface area contributed by atoms with Crippen LogP contribution in [0.25, 0.3) is 11.3 Å². The Bertz CT molecular complexity index is 940. The minimum atomic E-state index is -0.623. The Hall–Kier alpha value is -3.12. The molecule has 1 heterocycles. The molecule has 27 heavy (non-hydrogen) atoms. The van der Waals surface area contributed by atoms with Gasteiger partial charge in [0.15, 0.2) is 0 Å². The van der Waals surface area contributed by atoms with Crippen LogP contribution in [0.3, 0.4) is 0 Å². The van der Waals surface area contributed by atoms with Crippen molar-refractivity contribution in [3.63, 3.8) is 0 Å². The van der Waals surface area contributed by atoms with Gasteiger partial charge in [0.25, 0.3) is 5.91 Å². The first-order valence-corrected chi connectivity index (χ1v) is 8.69. The summed E-state index contributed by atoms with van der Waals surface area (Å²) < 4.78 is 4.74. The number of benzene rings is 2. The lowest BCUT2D eigenvalue weighted by Crippen LogP contribution is -2.31. The topological polar surface area (TPSA) is 84.1 Å². The van der Waals surface area contributed by atoms with Crippen molar-refractivity contribution < 1.29 is 14.3 Å². The van der Waals surface area contributed by atoms with Crippen LogP contribution < -0.4 is 5.32 Å². The summed E-state index contributed by atoms with van der Waals surface area (Å²) in [6, 6.07) is 17.6. The molecule has 2 N–H and O–H groups in total. The third-order valence-electron chi connectivity index (χ3n) is 4.08. The summed E-state index contributed by atoms with van der Waals surface area (Å²) in [5, 5.41) is 10.2. The van der Waals surface area contributed by atoms with Crippen LogP contribution >= 0.6 is 11.6 Å². The molecule has 3 aromatic rings. The van der Waals surface area contributed by atoms with Crippen LogP contribution in [0.2, 0.25) is 5.02 Å². The molecule has 3 rings (SSSR count). The normalized spacial score (nSPS) is 11.6. The molecule has 0 aliphatic heterocycles. The van der Waals surface area contributed by atoms with Crippen LogP contribution in [-0.4, -0.2) is 29.2 Å². The minimum Gasteiger partial charge on any atom is -0.469 e. The molecule has 0 aliphatic carbocycles. The molecule has 1 aromatic heterocycles. The predicted octanol–water partition coefficient (Wildman–Crippen LogP) is 3.76. The molecule has 0 radical (unpaired) electrons. The van der Waals surface area contributed by atoms with Gasteiger partial charge in [0.1, 0.15) is 5.69 Å². The average molecular weight is 384 g/mol. The molecule has 7 heteroatoms. The molecule has 0 spiro atoms. The van der Waals surface area contributed by atoms with E-state index < -0.39 is 17.9 Å². The number of esters is 1. The maximum absolute atomic E-state index is 12.7. The first-order valence-electron chi connectivity index (χ1n) is 8.31. The van der Waals surface area contributed by atoms with Crippen LogP contribution in [0.1, 0.15) is 28.5 Å². The minimum absolute atomic E-state index is 0.0361. The van der Waals surface area contributed by atoms with Crippen molar-refractivity contribution in [1.82, 2.24) is 15.5 Å². The fraction of sp³-hybridized carbons (Fsp3) is 0.150. The van der Waals surface area contributed by atoms with Crippen molar-refractivity contribution in [2.24, 2.45) is 0 Å². The van der Waals surface area contributed by atoms with Gasteiger partial charge in [-0.3, -0.25) is 14.7 Å². The second-order valence-electron chi connectivity index (χ2n) is 5.86. The zero-order valence-corrected chi connectivity index (χ0v) is 15.4. The highest BCUT2D eigenvalue weighted by atomic mass is 35.5. The summed E-state index contributed by atoms with van der Waals surface area (Å²) in [6.07, 6.45) is -0.0361. The summed E-state index contributed by atoms with van der Waals surface area (Å²) in [5.74, 6) is -0.840. The van der Waals surface area contributed by atoms with Gasteiger partial charge in [-0.15, -0.1) is 0 Å². The molecule has 0 fully saturated rings. The highest BCUT2D eigenvalue weighted by Gasteiger charge is 2.22. The van der Waals surface area contributed by atoms with E-state index in [2.05, 4.69) is 15.5 Å². The predicted molar refractivity (Wildman–Crippen MR) is 102 cm³/mol. The van der Waals surface area contributed by atoms with Gasteiger partial charge in [0.05, 0.1) is 25.3 Å². The molecule has 0 saturated heterocycles. The Kier molecular flexibility index (Phi) is 5.88. The number of hydrogen-bond acceptors (Lipinski definition) is 4. The molecule has 1 atom stereocenters. The summed E-state index contributed by atoms with van der Waals surface area (Å²) in [6.45, 7) is 0. The number of methoxy groups -OCH3 is 1. The first kappa shape index (κ1) is 18.7. The number of nitrogens with one attached hydrogen (secondary N) is 2. The summed E-state index contributed by atoms with van der Waals surface area (Å²) in [7, 11) is 1.30. The van der Waals surface area contributed by atoms with Crippen molar-refractivity contribution >= 4 is 23.5 Å². The van der Waals surface area contributed by atoms with Crippen LogP contribution in [0.4, 0.5) is 0 Å². The van der Waals surface area contributed by atoms with Crippen LogP contribution in [-0.2, 0) is 9.53 Å². The number of rotatable bonds is 6. The summed E-state index contributed by atoms with van der Waals surface area (Å²) in [5.41, 5.74) is 2.48. The van der Waals surface area contributed by atoms with Crippen LogP contribution in [0.5, 0.6) is 0 Å². The van der Waals surface area contributed by atoms with E-state index in [0.29, 0.717) is 16.3 Å². The van der Waals surface area contributed by atoms with Crippen molar-refractivity contribution in [1.29, 1.82) is 0 Å². The molecule has 0 bridgehead atoms. The lowest BCUT2D eigenvalue weighted by molar-refractivity contribution is -0.141. The number of amides is 1. The maximum atomic E-state index is 12.7. The number of H-pyrrole nitrogens is 1. The van der Waals surface area contributed by atoms with E-state index in [4.69, 9.17) is 16.3 Å². The largest absolute Gasteiger partial charge is 0.469 e. The quantitative estimate of drug-likeness (QED) is 0.635. The number of carbonyl (C=O) groups excluding carboxylic acids is 2. The van der Waals surface area contributed by atoms with Gasteiger partial charge in [-0.05, 0) is 17.7 Å². The number of carbonyl (C=O) groups is 2. The first-order chi connectivity index (χ1) is 13.1. The van der Waals surface area contributed by atoms with Crippen molar-refractivity contribution in [3.05, 3.63) is 76.9 Å². The van der Waals surface area contributed by atoms with Gasteiger partial charge in [-0.25, -0.2) is 0 Å². The van der Waals surface area contributed by atoms with Gasteiger partial charge in [0, 0.05) is 10.6 Å². The SMILES string of the molecule is COC(=O)C[C@H](NC(=O)c1cc(-c2ccccc2)n[nH]1)c1ccccc1Cl. The molecule has 0 saturated carbocycles. The number of halogens is 1. The third-order valence-corrected chi connectivity index (χ3v) is 4.42.